The molecule has 0 fully saturated rings. The lowest BCUT2D eigenvalue weighted by atomic mass is 9.78. The fourth-order valence-corrected chi connectivity index (χ4v) is 4.02. The summed E-state index contributed by atoms with van der Waals surface area (Å²) >= 11 is 0. The number of nitrogens with one attached hydrogen (secondary N) is 3. The second-order valence-electron chi connectivity index (χ2n) is 8.00. The maximum atomic E-state index is 11.8. The molecule has 0 bridgehead atoms. The van der Waals surface area contributed by atoms with Crippen LogP contribution in [0.25, 0.3) is 16.6 Å². The average Bonchev–Trinajstić information content (AvgIpc) is 3.28. The highest BCUT2D eigenvalue weighted by atomic mass is 16.5. The number of hydrogen-bond donors (Lipinski definition) is 4. The quantitative estimate of drug-likeness (QED) is 0.235. The third-order valence-electron chi connectivity index (χ3n) is 5.83. The van der Waals surface area contributed by atoms with Crippen molar-refractivity contribution >= 4 is 22.5 Å². The van der Waals surface area contributed by atoms with Crippen molar-refractivity contribution in [3.05, 3.63) is 83.7 Å². The Bertz CT molecular complexity index is 1140. The number of benzene rings is 2. The second-order valence-corrected chi connectivity index (χ2v) is 8.00. The third kappa shape index (κ3) is 4.65. The molecule has 4 N–H and O–H groups in total. The molecule has 7 heteroatoms. The Balaban J connectivity index is 1.63. The number of methoxy groups -OCH3 is 1. The number of H-pyrrole nitrogens is 1. The van der Waals surface area contributed by atoms with Crippen LogP contribution in [0.15, 0.2) is 66.8 Å². The van der Waals surface area contributed by atoms with Crippen LogP contribution in [0, 0.1) is 0 Å². The molecule has 0 saturated carbocycles. The number of aromatic nitrogens is 2. The van der Waals surface area contributed by atoms with Gasteiger partial charge in [-0.05, 0) is 48.7 Å². The molecule has 1 aliphatic rings. The van der Waals surface area contributed by atoms with Gasteiger partial charge in [0.1, 0.15) is 5.82 Å². The number of imidazole rings is 1. The standard InChI is InChI=1S/C25H28N4O3/c1-32-15-5-14-26-17-25(12-10-19(11-13-25)18-6-3-2-4-7-18)24-27-21-9-8-20(23(30)29-31)16-22(21)28-24/h2-4,6-12,16,26,31H,5,13-15,17H2,1H3,(H,27,28)(H,29,30). The van der Waals surface area contributed by atoms with E-state index >= 15 is 0 Å². The van der Waals surface area contributed by atoms with Crippen LogP contribution in [0.5, 0.6) is 0 Å². The van der Waals surface area contributed by atoms with Crippen LogP contribution in [-0.4, -0.2) is 47.9 Å². The van der Waals surface area contributed by atoms with Gasteiger partial charge in [0.15, 0.2) is 0 Å². The van der Waals surface area contributed by atoms with Gasteiger partial charge < -0.3 is 15.0 Å². The zero-order valence-electron chi connectivity index (χ0n) is 18.1. The summed E-state index contributed by atoms with van der Waals surface area (Å²) in [5, 5.41) is 12.5. The minimum atomic E-state index is -0.550. The summed E-state index contributed by atoms with van der Waals surface area (Å²) < 4.78 is 5.15. The molecule has 7 nitrogen and oxygen atoms in total. The van der Waals surface area contributed by atoms with Crippen LogP contribution < -0.4 is 10.8 Å². The molecule has 0 radical (unpaired) electrons. The van der Waals surface area contributed by atoms with Gasteiger partial charge in [-0.1, -0.05) is 48.6 Å². The predicted octanol–water partition coefficient (Wildman–Crippen LogP) is 3.59. The molecule has 1 amide bonds. The molecule has 166 valence electrons. The first-order valence-electron chi connectivity index (χ1n) is 10.7. The van der Waals surface area contributed by atoms with Crippen LogP contribution in [0.1, 0.15) is 34.6 Å². The molecule has 3 aromatic rings. The Labute approximate surface area is 187 Å². The summed E-state index contributed by atoms with van der Waals surface area (Å²) in [6, 6.07) is 15.5. The maximum absolute atomic E-state index is 11.8. The van der Waals surface area contributed by atoms with Crippen LogP contribution in [0.3, 0.4) is 0 Å². The molecule has 0 spiro atoms. The number of aromatic amines is 1. The summed E-state index contributed by atoms with van der Waals surface area (Å²) in [4.78, 5) is 20.1. The van der Waals surface area contributed by atoms with Crippen molar-refractivity contribution in [3.8, 4) is 0 Å². The van der Waals surface area contributed by atoms with E-state index in [1.54, 1.807) is 30.8 Å². The summed E-state index contributed by atoms with van der Waals surface area (Å²) in [5.74, 6) is 0.290. The summed E-state index contributed by atoms with van der Waals surface area (Å²) in [6.45, 7) is 2.28. The highest BCUT2D eigenvalue weighted by Gasteiger charge is 2.33. The van der Waals surface area contributed by atoms with Gasteiger partial charge in [-0.15, -0.1) is 0 Å². The molecule has 2 aromatic carbocycles. The van der Waals surface area contributed by atoms with E-state index in [1.165, 1.54) is 11.1 Å². The van der Waals surface area contributed by atoms with Gasteiger partial charge >= 0.3 is 0 Å². The Kier molecular flexibility index (Phi) is 6.80. The minimum absolute atomic E-state index is 0.343. The highest BCUT2D eigenvalue weighted by molar-refractivity contribution is 5.96. The van der Waals surface area contributed by atoms with Crippen molar-refractivity contribution in [2.45, 2.75) is 18.3 Å². The summed E-state index contributed by atoms with van der Waals surface area (Å²) in [6.07, 6.45) is 8.35. The van der Waals surface area contributed by atoms with Crippen LogP contribution in [0.2, 0.25) is 0 Å². The first kappa shape index (κ1) is 22.0. The number of hydrogen-bond acceptors (Lipinski definition) is 5. The van der Waals surface area contributed by atoms with E-state index in [0.717, 1.165) is 42.8 Å². The van der Waals surface area contributed by atoms with Gasteiger partial charge in [0, 0.05) is 25.8 Å². The Hall–Kier alpha value is -3.26. The maximum Gasteiger partial charge on any atom is 0.274 e. The fourth-order valence-electron chi connectivity index (χ4n) is 4.02. The van der Waals surface area contributed by atoms with Crippen molar-refractivity contribution in [3.63, 3.8) is 0 Å². The minimum Gasteiger partial charge on any atom is -0.385 e. The summed E-state index contributed by atoms with van der Waals surface area (Å²) in [7, 11) is 1.71. The number of ether oxygens (including phenoxy) is 1. The Morgan fingerprint density at radius 1 is 1.25 bits per heavy atom. The van der Waals surface area contributed by atoms with E-state index < -0.39 is 5.91 Å². The molecule has 1 atom stereocenters. The van der Waals surface area contributed by atoms with Gasteiger partial charge in [-0.3, -0.25) is 10.0 Å². The average molecular weight is 433 g/mol. The number of hydroxylamine groups is 1. The van der Waals surface area contributed by atoms with Crippen molar-refractivity contribution in [2.24, 2.45) is 0 Å². The van der Waals surface area contributed by atoms with E-state index in [0.29, 0.717) is 12.2 Å². The number of fused-ring (bicyclic) bond motifs is 1. The molecule has 0 saturated heterocycles. The first-order valence-corrected chi connectivity index (χ1v) is 10.7. The number of carbonyl (C=O) groups excluding carboxylic acids is 1. The molecule has 1 aliphatic carbocycles. The van der Waals surface area contributed by atoms with Crippen molar-refractivity contribution in [1.82, 2.24) is 20.8 Å². The van der Waals surface area contributed by atoms with E-state index in [4.69, 9.17) is 14.9 Å². The van der Waals surface area contributed by atoms with E-state index in [-0.39, 0.29) is 5.41 Å². The van der Waals surface area contributed by atoms with Crippen LogP contribution >= 0.6 is 0 Å². The first-order chi connectivity index (χ1) is 15.6. The molecule has 1 unspecified atom stereocenters. The lowest BCUT2D eigenvalue weighted by Crippen LogP contribution is -2.38. The van der Waals surface area contributed by atoms with Crippen molar-refractivity contribution < 1.29 is 14.7 Å². The normalized spacial score (nSPS) is 18.0. The van der Waals surface area contributed by atoms with Gasteiger partial charge in [-0.2, -0.15) is 0 Å². The van der Waals surface area contributed by atoms with E-state index in [9.17, 15) is 4.79 Å². The number of carbonyl (C=O) groups is 1. The molecule has 32 heavy (non-hydrogen) atoms. The molecule has 4 rings (SSSR count). The van der Waals surface area contributed by atoms with Gasteiger partial charge in [0.05, 0.1) is 16.4 Å². The predicted molar refractivity (Wildman–Crippen MR) is 125 cm³/mol. The largest absolute Gasteiger partial charge is 0.385 e. The van der Waals surface area contributed by atoms with Gasteiger partial charge in [0.25, 0.3) is 5.91 Å². The molecular formula is C25H28N4O3. The van der Waals surface area contributed by atoms with Crippen LogP contribution in [-0.2, 0) is 10.2 Å². The zero-order chi connectivity index (χ0) is 22.4. The highest BCUT2D eigenvalue weighted by Crippen LogP contribution is 2.35. The SMILES string of the molecule is COCCCNCC1(c2nc3ccc(C(=O)NO)cc3[nH]2)C=CC(c2ccccc2)=CC1. The molecular weight excluding hydrogens is 404 g/mol. The summed E-state index contributed by atoms with van der Waals surface area (Å²) in [5.41, 5.74) is 5.62. The smallest absolute Gasteiger partial charge is 0.274 e. The van der Waals surface area contributed by atoms with E-state index in [2.05, 4.69) is 40.7 Å². The number of amides is 1. The van der Waals surface area contributed by atoms with E-state index in [1.807, 2.05) is 18.2 Å². The fraction of sp³-hybridized carbons (Fsp3) is 0.280. The van der Waals surface area contributed by atoms with Crippen molar-refractivity contribution in [1.29, 1.82) is 0 Å². The monoisotopic (exact) mass is 432 g/mol. The Morgan fingerprint density at radius 2 is 2.09 bits per heavy atom. The molecule has 1 heterocycles. The second kappa shape index (κ2) is 9.91. The third-order valence-corrected chi connectivity index (χ3v) is 5.83. The van der Waals surface area contributed by atoms with Crippen LogP contribution in [0.4, 0.5) is 0 Å². The number of nitrogens with zero attached hydrogens (tertiary/aromatic N) is 1. The van der Waals surface area contributed by atoms with Crippen molar-refractivity contribution in [2.75, 3.05) is 26.8 Å². The van der Waals surface area contributed by atoms with Gasteiger partial charge in [-0.25, -0.2) is 10.5 Å². The topological polar surface area (TPSA) is 99.3 Å². The molecule has 0 aliphatic heterocycles. The lowest BCUT2D eigenvalue weighted by molar-refractivity contribution is 0.0706. The molecule has 1 aromatic heterocycles. The zero-order valence-corrected chi connectivity index (χ0v) is 18.1. The number of rotatable bonds is 9. The lowest BCUT2D eigenvalue weighted by Gasteiger charge is -2.31. The number of allylic oxidation sites excluding steroid dienone is 3. The Morgan fingerprint density at radius 3 is 2.81 bits per heavy atom. The van der Waals surface area contributed by atoms with Gasteiger partial charge in [0.2, 0.25) is 0 Å².